The van der Waals surface area contributed by atoms with Crippen LogP contribution < -0.4 is 15.4 Å². The third kappa shape index (κ3) is 2.56. The molecule has 3 N–H and O–H groups in total. The number of carbonyl (C=O) groups excluding carboxylic acids is 1. The van der Waals surface area contributed by atoms with Crippen molar-refractivity contribution in [2.24, 2.45) is 5.73 Å². The number of benzene rings is 1. The van der Waals surface area contributed by atoms with Crippen LogP contribution in [0.25, 0.3) is 0 Å². The molecule has 2 unspecified atom stereocenters. The molecule has 7 heteroatoms. The van der Waals surface area contributed by atoms with Gasteiger partial charge in [-0.3, -0.25) is 4.79 Å². The van der Waals surface area contributed by atoms with Gasteiger partial charge >= 0.3 is 0 Å². The average molecular weight is 309 g/mol. The number of amides is 1. The quantitative estimate of drug-likeness (QED) is 0.843. The van der Waals surface area contributed by atoms with Crippen LogP contribution in [0.1, 0.15) is 24.8 Å². The SMILES string of the molecule is CN1C(=O)Cc2cc(S(=O)(=O)NC3CCCC3N)ccc21. The van der Waals surface area contributed by atoms with Gasteiger partial charge in [0.2, 0.25) is 15.9 Å². The fourth-order valence-electron chi connectivity index (χ4n) is 3.02. The van der Waals surface area contributed by atoms with Gasteiger partial charge in [-0.05, 0) is 36.6 Å². The number of nitrogens with two attached hydrogens (primary N) is 1. The predicted octanol–water partition coefficient (Wildman–Crippen LogP) is 0.364. The molecule has 1 saturated carbocycles. The van der Waals surface area contributed by atoms with Crippen LogP contribution in [0.3, 0.4) is 0 Å². The number of hydrogen-bond acceptors (Lipinski definition) is 4. The third-order valence-corrected chi connectivity index (χ3v) is 5.80. The molecular formula is C14H19N3O3S. The van der Waals surface area contributed by atoms with E-state index in [2.05, 4.69) is 4.72 Å². The first-order valence-corrected chi connectivity index (χ1v) is 8.54. The summed E-state index contributed by atoms with van der Waals surface area (Å²) in [6.45, 7) is 0. The Morgan fingerprint density at radius 3 is 2.76 bits per heavy atom. The number of likely N-dealkylation sites (N-methyl/N-ethyl adjacent to an activating group) is 1. The van der Waals surface area contributed by atoms with E-state index in [1.54, 1.807) is 24.1 Å². The summed E-state index contributed by atoms with van der Waals surface area (Å²) in [7, 11) is -1.90. The van der Waals surface area contributed by atoms with Crippen molar-refractivity contribution >= 4 is 21.6 Å². The Kier molecular flexibility index (Phi) is 3.51. The van der Waals surface area contributed by atoms with E-state index in [0.717, 1.165) is 30.5 Å². The molecule has 0 spiro atoms. The monoisotopic (exact) mass is 309 g/mol. The van der Waals surface area contributed by atoms with Crippen LogP contribution in [0.4, 0.5) is 5.69 Å². The zero-order valence-corrected chi connectivity index (χ0v) is 12.7. The highest BCUT2D eigenvalue weighted by molar-refractivity contribution is 7.89. The number of carbonyl (C=O) groups is 1. The fourth-order valence-corrected chi connectivity index (χ4v) is 4.39. The van der Waals surface area contributed by atoms with Gasteiger partial charge in [0.15, 0.2) is 0 Å². The molecule has 1 aliphatic heterocycles. The molecule has 1 aromatic carbocycles. The first kappa shape index (κ1) is 14.5. The van der Waals surface area contributed by atoms with Crippen LogP contribution >= 0.6 is 0 Å². The van der Waals surface area contributed by atoms with E-state index in [1.807, 2.05) is 0 Å². The fraction of sp³-hybridized carbons (Fsp3) is 0.500. The summed E-state index contributed by atoms with van der Waals surface area (Å²) >= 11 is 0. The Balaban J connectivity index is 1.87. The maximum atomic E-state index is 12.4. The normalized spacial score (nSPS) is 25.4. The summed E-state index contributed by atoms with van der Waals surface area (Å²) in [5.74, 6) is -0.0228. The second kappa shape index (κ2) is 5.08. The van der Waals surface area contributed by atoms with Crippen molar-refractivity contribution in [1.82, 2.24) is 4.72 Å². The molecule has 0 radical (unpaired) electrons. The number of sulfonamides is 1. The van der Waals surface area contributed by atoms with E-state index in [0.29, 0.717) is 0 Å². The lowest BCUT2D eigenvalue weighted by atomic mass is 10.2. The van der Waals surface area contributed by atoms with Crippen molar-refractivity contribution in [1.29, 1.82) is 0 Å². The molecule has 2 aliphatic rings. The summed E-state index contributed by atoms with van der Waals surface area (Å²) in [6.07, 6.45) is 2.80. The molecule has 0 bridgehead atoms. The van der Waals surface area contributed by atoms with Gasteiger partial charge in [0, 0.05) is 24.8 Å². The van der Waals surface area contributed by atoms with Gasteiger partial charge in [-0.2, -0.15) is 0 Å². The van der Waals surface area contributed by atoms with Crippen LogP contribution in [-0.2, 0) is 21.2 Å². The van der Waals surface area contributed by atoms with Crippen molar-refractivity contribution in [2.45, 2.75) is 42.7 Å². The molecular weight excluding hydrogens is 290 g/mol. The lowest BCUT2D eigenvalue weighted by Gasteiger charge is -2.18. The van der Waals surface area contributed by atoms with Gasteiger partial charge in [0.05, 0.1) is 11.3 Å². The molecule has 1 aromatic rings. The first-order chi connectivity index (χ1) is 9.88. The van der Waals surface area contributed by atoms with Crippen molar-refractivity contribution in [3.05, 3.63) is 23.8 Å². The minimum absolute atomic E-state index is 0.0228. The van der Waals surface area contributed by atoms with E-state index < -0.39 is 10.0 Å². The molecule has 6 nitrogen and oxygen atoms in total. The Bertz CT molecular complexity index is 687. The van der Waals surface area contributed by atoms with Crippen molar-refractivity contribution in [3.63, 3.8) is 0 Å². The number of nitrogens with zero attached hydrogens (tertiary/aromatic N) is 1. The second-order valence-electron chi connectivity index (χ2n) is 5.74. The summed E-state index contributed by atoms with van der Waals surface area (Å²) in [5, 5.41) is 0. The van der Waals surface area contributed by atoms with Gasteiger partial charge in [-0.25, -0.2) is 13.1 Å². The maximum Gasteiger partial charge on any atom is 0.240 e. The van der Waals surface area contributed by atoms with E-state index >= 15 is 0 Å². The number of rotatable bonds is 3. The molecule has 1 fully saturated rings. The number of fused-ring (bicyclic) bond motifs is 1. The Morgan fingerprint density at radius 1 is 1.33 bits per heavy atom. The highest BCUT2D eigenvalue weighted by atomic mass is 32.2. The highest BCUT2D eigenvalue weighted by Gasteiger charge is 2.30. The lowest BCUT2D eigenvalue weighted by molar-refractivity contribution is -0.117. The molecule has 114 valence electrons. The van der Waals surface area contributed by atoms with Gasteiger partial charge < -0.3 is 10.6 Å². The van der Waals surface area contributed by atoms with Gasteiger partial charge in [0.1, 0.15) is 0 Å². The van der Waals surface area contributed by atoms with Crippen LogP contribution in [-0.4, -0.2) is 33.5 Å². The first-order valence-electron chi connectivity index (χ1n) is 7.06. The highest BCUT2D eigenvalue weighted by Crippen LogP contribution is 2.30. The standard InChI is InChI=1S/C14H19N3O3S/c1-17-13-6-5-10(7-9(13)8-14(17)18)21(19,20)16-12-4-2-3-11(12)15/h5-7,11-12,16H,2-4,8,15H2,1H3. The van der Waals surface area contributed by atoms with Gasteiger partial charge in [-0.1, -0.05) is 6.42 Å². The number of anilines is 1. The Morgan fingerprint density at radius 2 is 2.10 bits per heavy atom. The summed E-state index contributed by atoms with van der Waals surface area (Å²) in [6, 6.07) is 4.48. The van der Waals surface area contributed by atoms with E-state index in [9.17, 15) is 13.2 Å². The molecule has 21 heavy (non-hydrogen) atoms. The maximum absolute atomic E-state index is 12.4. The minimum atomic E-state index is -3.59. The van der Waals surface area contributed by atoms with E-state index in [1.165, 1.54) is 6.07 Å². The van der Waals surface area contributed by atoms with Gasteiger partial charge in [0.25, 0.3) is 0 Å². The number of nitrogens with one attached hydrogen (secondary N) is 1. The Hall–Kier alpha value is -1.44. The van der Waals surface area contributed by atoms with Crippen molar-refractivity contribution in [3.8, 4) is 0 Å². The van der Waals surface area contributed by atoms with Crippen molar-refractivity contribution in [2.75, 3.05) is 11.9 Å². The molecule has 1 heterocycles. The zero-order chi connectivity index (χ0) is 15.2. The molecule has 0 aromatic heterocycles. The molecule has 2 atom stereocenters. The zero-order valence-electron chi connectivity index (χ0n) is 11.9. The summed E-state index contributed by atoms with van der Waals surface area (Å²) < 4.78 is 27.5. The summed E-state index contributed by atoms with van der Waals surface area (Å²) in [5.41, 5.74) is 7.44. The van der Waals surface area contributed by atoms with E-state index in [4.69, 9.17) is 5.73 Å². The molecule has 3 rings (SSSR count). The Labute approximate surface area is 124 Å². The smallest absolute Gasteiger partial charge is 0.240 e. The third-order valence-electron chi connectivity index (χ3n) is 4.31. The lowest BCUT2D eigenvalue weighted by Crippen LogP contribution is -2.43. The second-order valence-corrected chi connectivity index (χ2v) is 7.46. The molecule has 0 saturated heterocycles. The largest absolute Gasteiger partial charge is 0.326 e. The van der Waals surface area contributed by atoms with Crippen LogP contribution in [0.15, 0.2) is 23.1 Å². The van der Waals surface area contributed by atoms with Gasteiger partial charge in [-0.15, -0.1) is 0 Å². The average Bonchev–Trinajstić information content (AvgIpc) is 2.94. The minimum Gasteiger partial charge on any atom is -0.326 e. The van der Waals surface area contributed by atoms with Crippen molar-refractivity contribution < 1.29 is 13.2 Å². The molecule has 1 aliphatic carbocycles. The van der Waals surface area contributed by atoms with E-state index in [-0.39, 0.29) is 29.3 Å². The number of hydrogen-bond donors (Lipinski definition) is 2. The predicted molar refractivity (Wildman–Crippen MR) is 79.5 cm³/mol. The van der Waals surface area contributed by atoms with Crippen LogP contribution in [0, 0.1) is 0 Å². The van der Waals surface area contributed by atoms with Crippen LogP contribution in [0.5, 0.6) is 0 Å². The summed E-state index contributed by atoms with van der Waals surface area (Å²) in [4.78, 5) is 13.4. The van der Waals surface area contributed by atoms with Crippen LogP contribution in [0.2, 0.25) is 0 Å². The molecule has 1 amide bonds. The topological polar surface area (TPSA) is 92.5 Å².